The number of piperazine rings is 1. The van der Waals surface area contributed by atoms with Crippen molar-refractivity contribution in [3.63, 3.8) is 0 Å². The number of aromatic amines is 1. The number of para-hydroxylation sites is 1. The minimum absolute atomic E-state index is 0.120. The van der Waals surface area contributed by atoms with E-state index in [0.717, 1.165) is 27.7 Å². The smallest absolute Gasteiger partial charge is 0.325 e. The molecule has 0 aliphatic carbocycles. The Labute approximate surface area is 198 Å². The van der Waals surface area contributed by atoms with Crippen molar-refractivity contribution in [2.75, 3.05) is 59.0 Å². The van der Waals surface area contributed by atoms with Crippen molar-refractivity contribution in [3.05, 3.63) is 60.2 Å². The minimum atomic E-state index is -0.861. The maximum Gasteiger partial charge on any atom is 0.325 e. The molecule has 34 heavy (non-hydrogen) atoms. The Bertz CT molecular complexity index is 1150. The average Bonchev–Trinajstić information content (AvgIpc) is 3.25. The van der Waals surface area contributed by atoms with Crippen LogP contribution in [0.1, 0.15) is 11.6 Å². The van der Waals surface area contributed by atoms with E-state index < -0.39 is 12.0 Å². The first-order valence-corrected chi connectivity index (χ1v) is 11.8. The number of rotatable bonds is 6. The van der Waals surface area contributed by atoms with Gasteiger partial charge in [0.2, 0.25) is 5.91 Å². The van der Waals surface area contributed by atoms with Crippen LogP contribution < -0.4 is 0 Å². The second-order valence-electron chi connectivity index (χ2n) is 8.87. The van der Waals surface area contributed by atoms with Crippen LogP contribution in [0.25, 0.3) is 22.2 Å². The number of ether oxygens (including phenoxy) is 1. The van der Waals surface area contributed by atoms with Gasteiger partial charge >= 0.3 is 5.97 Å². The van der Waals surface area contributed by atoms with Gasteiger partial charge in [0, 0.05) is 55.7 Å². The molecule has 178 valence electrons. The summed E-state index contributed by atoms with van der Waals surface area (Å²) in [6, 6.07) is 17.0. The van der Waals surface area contributed by atoms with Gasteiger partial charge in [-0.15, -0.1) is 0 Å². The number of hydrogen-bond acceptors (Lipinski definition) is 5. The molecule has 2 aromatic carbocycles. The van der Waals surface area contributed by atoms with Crippen LogP contribution in [0, 0.1) is 0 Å². The summed E-state index contributed by atoms with van der Waals surface area (Å²) >= 11 is 0. The lowest BCUT2D eigenvalue weighted by Gasteiger charge is -2.38. The Kier molecular flexibility index (Phi) is 6.62. The second-order valence-corrected chi connectivity index (χ2v) is 8.87. The van der Waals surface area contributed by atoms with Crippen LogP contribution in [0.4, 0.5) is 0 Å². The van der Waals surface area contributed by atoms with Crippen LogP contribution in [0.3, 0.4) is 0 Å². The number of carboxylic acids is 1. The first-order chi connectivity index (χ1) is 16.6. The van der Waals surface area contributed by atoms with Crippen molar-refractivity contribution in [2.24, 2.45) is 0 Å². The zero-order chi connectivity index (χ0) is 23.5. The number of nitrogens with zero attached hydrogens (tertiary/aromatic N) is 3. The molecule has 2 fully saturated rings. The number of carbonyl (C=O) groups is 2. The molecule has 3 heterocycles. The summed E-state index contributed by atoms with van der Waals surface area (Å²) in [5.74, 6) is -0.741. The quantitative estimate of drug-likeness (QED) is 0.585. The average molecular weight is 463 g/mol. The van der Waals surface area contributed by atoms with Gasteiger partial charge in [-0.2, -0.15) is 0 Å². The lowest BCUT2D eigenvalue weighted by molar-refractivity contribution is -0.145. The first kappa shape index (κ1) is 22.6. The van der Waals surface area contributed by atoms with Crippen LogP contribution >= 0.6 is 0 Å². The summed E-state index contributed by atoms with van der Waals surface area (Å²) in [5, 5.41) is 11.3. The van der Waals surface area contributed by atoms with Gasteiger partial charge in [-0.3, -0.25) is 19.4 Å². The van der Waals surface area contributed by atoms with E-state index >= 15 is 0 Å². The van der Waals surface area contributed by atoms with Gasteiger partial charge in [-0.25, -0.2) is 0 Å². The highest BCUT2D eigenvalue weighted by molar-refractivity contribution is 5.95. The van der Waals surface area contributed by atoms with E-state index in [0.29, 0.717) is 59.0 Å². The van der Waals surface area contributed by atoms with Gasteiger partial charge in [-0.05, 0) is 11.6 Å². The largest absolute Gasteiger partial charge is 0.480 e. The fourth-order valence-electron chi connectivity index (χ4n) is 5.03. The molecule has 1 unspecified atom stereocenters. The molecule has 5 rings (SSSR count). The predicted octanol–water partition coefficient (Wildman–Crippen LogP) is 2.44. The number of carbonyl (C=O) groups excluding carboxylic acids is 1. The molecule has 2 aliphatic heterocycles. The highest BCUT2D eigenvalue weighted by atomic mass is 16.5. The molecule has 0 spiro atoms. The predicted molar refractivity (Wildman–Crippen MR) is 130 cm³/mol. The van der Waals surface area contributed by atoms with E-state index in [1.807, 2.05) is 64.4 Å². The molecule has 0 saturated carbocycles. The normalized spacial score (nSPS) is 18.8. The third kappa shape index (κ3) is 4.57. The zero-order valence-corrected chi connectivity index (χ0v) is 19.2. The molecule has 1 atom stereocenters. The van der Waals surface area contributed by atoms with E-state index in [1.165, 1.54) is 0 Å². The summed E-state index contributed by atoms with van der Waals surface area (Å²) in [6.45, 7) is 5.32. The molecule has 0 bridgehead atoms. The van der Waals surface area contributed by atoms with E-state index in [-0.39, 0.29) is 5.91 Å². The second kappa shape index (κ2) is 9.97. The molecule has 2 N–H and O–H groups in total. The van der Waals surface area contributed by atoms with E-state index in [4.69, 9.17) is 4.74 Å². The zero-order valence-electron chi connectivity index (χ0n) is 19.2. The number of carboxylic acid groups (broad SMARTS) is 1. The molecular weight excluding hydrogens is 432 g/mol. The van der Waals surface area contributed by atoms with Gasteiger partial charge in [0.1, 0.15) is 6.04 Å². The molecular formula is C26H30N4O4. The Morgan fingerprint density at radius 2 is 1.59 bits per heavy atom. The van der Waals surface area contributed by atoms with Crippen molar-refractivity contribution < 1.29 is 19.4 Å². The Balaban J connectivity index is 1.37. The number of aliphatic carboxylic acids is 1. The summed E-state index contributed by atoms with van der Waals surface area (Å²) in [4.78, 5) is 34.8. The van der Waals surface area contributed by atoms with Crippen molar-refractivity contribution in [2.45, 2.75) is 6.04 Å². The number of nitrogens with one attached hydrogen (secondary N) is 1. The summed E-state index contributed by atoms with van der Waals surface area (Å²) in [7, 11) is 0. The number of hydrogen-bond donors (Lipinski definition) is 2. The number of amides is 1. The molecule has 2 saturated heterocycles. The maximum absolute atomic E-state index is 12.6. The van der Waals surface area contributed by atoms with Crippen LogP contribution in [-0.2, 0) is 14.3 Å². The van der Waals surface area contributed by atoms with Crippen molar-refractivity contribution in [1.29, 1.82) is 0 Å². The molecule has 1 amide bonds. The third-order valence-electron chi connectivity index (χ3n) is 6.81. The fraction of sp³-hybridized carbons (Fsp3) is 0.385. The summed E-state index contributed by atoms with van der Waals surface area (Å²) < 4.78 is 5.34. The first-order valence-electron chi connectivity index (χ1n) is 11.8. The number of aromatic nitrogens is 1. The van der Waals surface area contributed by atoms with Gasteiger partial charge in [-0.1, -0.05) is 48.5 Å². The molecule has 0 radical (unpaired) electrons. The fourth-order valence-corrected chi connectivity index (χ4v) is 5.03. The molecule has 8 heteroatoms. The standard InChI is InChI=1S/C26H30N4O4/c31-22(29-14-16-34-17-15-29)18-28-10-12-30(13-11-28)25(26(32)33)23-20-8-4-5-9-21(20)27-24(23)19-6-2-1-3-7-19/h1-9,25,27H,10-18H2,(H,32,33). The van der Waals surface area contributed by atoms with E-state index in [1.54, 1.807) is 0 Å². The van der Waals surface area contributed by atoms with Crippen LogP contribution in [0.15, 0.2) is 54.6 Å². The van der Waals surface area contributed by atoms with E-state index in [9.17, 15) is 14.7 Å². The number of fused-ring (bicyclic) bond motifs is 1. The van der Waals surface area contributed by atoms with Crippen LogP contribution in [-0.4, -0.2) is 95.7 Å². The van der Waals surface area contributed by atoms with Gasteiger partial charge in [0.15, 0.2) is 0 Å². The monoisotopic (exact) mass is 462 g/mol. The molecule has 3 aromatic rings. The Hall–Kier alpha value is -3.20. The highest BCUT2D eigenvalue weighted by Gasteiger charge is 2.35. The molecule has 2 aliphatic rings. The Morgan fingerprint density at radius 1 is 0.912 bits per heavy atom. The van der Waals surface area contributed by atoms with Crippen molar-refractivity contribution in [1.82, 2.24) is 19.7 Å². The summed E-state index contributed by atoms with van der Waals surface area (Å²) in [6.07, 6.45) is 0. The topological polar surface area (TPSA) is 89.1 Å². The number of morpholine rings is 1. The molecule has 1 aromatic heterocycles. The van der Waals surface area contributed by atoms with Crippen LogP contribution in [0.2, 0.25) is 0 Å². The third-order valence-corrected chi connectivity index (χ3v) is 6.81. The molecule has 8 nitrogen and oxygen atoms in total. The number of H-pyrrole nitrogens is 1. The van der Waals surface area contributed by atoms with E-state index in [2.05, 4.69) is 9.88 Å². The van der Waals surface area contributed by atoms with Crippen molar-refractivity contribution >= 4 is 22.8 Å². The van der Waals surface area contributed by atoms with Crippen LogP contribution in [0.5, 0.6) is 0 Å². The summed E-state index contributed by atoms with van der Waals surface area (Å²) in [5.41, 5.74) is 3.54. The Morgan fingerprint density at radius 3 is 2.29 bits per heavy atom. The van der Waals surface area contributed by atoms with Gasteiger partial charge in [0.05, 0.1) is 25.5 Å². The number of benzene rings is 2. The van der Waals surface area contributed by atoms with Crippen molar-refractivity contribution in [3.8, 4) is 11.3 Å². The SMILES string of the molecule is O=C(O)C(c1c(-c2ccccc2)[nH]c2ccccc12)N1CCN(CC(=O)N2CCOCC2)CC1. The maximum atomic E-state index is 12.6. The lowest BCUT2D eigenvalue weighted by atomic mass is 9.97. The highest BCUT2D eigenvalue weighted by Crippen LogP contribution is 2.37. The van der Waals surface area contributed by atoms with Gasteiger partial charge in [0.25, 0.3) is 0 Å². The van der Waals surface area contributed by atoms with Gasteiger partial charge < -0.3 is 19.7 Å². The lowest BCUT2D eigenvalue weighted by Crippen LogP contribution is -2.52. The minimum Gasteiger partial charge on any atom is -0.480 e.